The molecule has 0 aliphatic heterocycles. The summed E-state index contributed by atoms with van der Waals surface area (Å²) >= 11 is 7.47. The zero-order valence-corrected chi connectivity index (χ0v) is 21.0. The van der Waals surface area contributed by atoms with Crippen molar-refractivity contribution >= 4 is 56.1 Å². The first kappa shape index (κ1) is 24.2. The van der Waals surface area contributed by atoms with Gasteiger partial charge in [-0.15, -0.1) is 11.8 Å². The van der Waals surface area contributed by atoms with E-state index in [1.54, 1.807) is 63.2 Å². The molecule has 0 bridgehead atoms. The third-order valence-electron chi connectivity index (χ3n) is 4.45. The molecular formula is C23H22ClN3O5S2. The van der Waals surface area contributed by atoms with Crippen molar-refractivity contribution in [1.82, 2.24) is 9.78 Å². The molecule has 0 saturated carbocycles. The van der Waals surface area contributed by atoms with Gasteiger partial charge >= 0.3 is 6.09 Å². The molecule has 0 spiro atoms. The number of hydrogen-bond acceptors (Lipinski definition) is 7. The van der Waals surface area contributed by atoms with Gasteiger partial charge in [-0.1, -0.05) is 29.8 Å². The van der Waals surface area contributed by atoms with Crippen molar-refractivity contribution in [3.8, 4) is 0 Å². The Hall–Kier alpha value is -2.95. The second-order valence-electron chi connectivity index (χ2n) is 8.37. The molecule has 0 amide bonds. The van der Waals surface area contributed by atoms with Gasteiger partial charge in [0.2, 0.25) is 5.09 Å². The summed E-state index contributed by atoms with van der Waals surface area (Å²) in [7, 11) is -3.99. The Morgan fingerprint density at radius 1 is 1.18 bits per heavy atom. The fraction of sp³-hybridized carbons (Fsp3) is 0.217. The zero-order chi connectivity index (χ0) is 24.5. The van der Waals surface area contributed by atoms with Gasteiger partial charge in [0.25, 0.3) is 10.0 Å². The number of thioether (sulfide) groups is 1. The molecular weight excluding hydrogens is 498 g/mol. The number of ether oxygens (including phenoxy) is 1. The van der Waals surface area contributed by atoms with Crippen LogP contribution in [0.15, 0.2) is 75.2 Å². The number of halogens is 1. The first-order valence-electron chi connectivity index (χ1n) is 10.2. The predicted molar refractivity (Wildman–Crippen MR) is 132 cm³/mol. The molecule has 0 radical (unpaired) electrons. The summed E-state index contributed by atoms with van der Waals surface area (Å²) in [5, 5.41) is 5.11. The van der Waals surface area contributed by atoms with Crippen molar-refractivity contribution in [2.24, 2.45) is 0 Å². The molecule has 4 aromatic rings. The predicted octanol–water partition coefficient (Wildman–Crippen LogP) is 6.16. The average molecular weight is 520 g/mol. The topological polar surface area (TPSA) is 103 Å². The van der Waals surface area contributed by atoms with Crippen LogP contribution in [-0.2, 0) is 20.5 Å². The molecule has 0 fully saturated rings. The van der Waals surface area contributed by atoms with Crippen LogP contribution in [0, 0.1) is 0 Å². The van der Waals surface area contributed by atoms with Gasteiger partial charge < -0.3 is 9.15 Å². The van der Waals surface area contributed by atoms with E-state index < -0.39 is 21.7 Å². The molecule has 11 heteroatoms. The summed E-state index contributed by atoms with van der Waals surface area (Å²) in [6, 6.07) is 15.1. The second kappa shape index (κ2) is 9.36. The molecule has 1 N–H and O–H groups in total. The van der Waals surface area contributed by atoms with Crippen LogP contribution in [0.3, 0.4) is 0 Å². The van der Waals surface area contributed by atoms with Gasteiger partial charge in [0, 0.05) is 33.3 Å². The van der Waals surface area contributed by atoms with E-state index in [0.29, 0.717) is 38.0 Å². The SMILES string of the molecule is CC(C)(C)OC(=O)n1ccc(CSc2ccc(Cl)cc2NS(=O)(=O)c2cc3ccccc3o2)n1. The van der Waals surface area contributed by atoms with Crippen LogP contribution < -0.4 is 4.72 Å². The smallest absolute Gasteiger partial charge is 0.435 e. The van der Waals surface area contributed by atoms with Gasteiger partial charge in [-0.05, 0) is 51.1 Å². The van der Waals surface area contributed by atoms with E-state index in [1.165, 1.54) is 30.1 Å². The highest BCUT2D eigenvalue weighted by Gasteiger charge is 2.22. The highest BCUT2D eigenvalue weighted by Crippen LogP contribution is 2.34. The lowest BCUT2D eigenvalue weighted by molar-refractivity contribution is 0.0514. The summed E-state index contributed by atoms with van der Waals surface area (Å²) < 4.78 is 40.5. The van der Waals surface area contributed by atoms with E-state index in [1.807, 2.05) is 0 Å². The molecule has 0 unspecified atom stereocenters. The van der Waals surface area contributed by atoms with Gasteiger partial charge in [-0.3, -0.25) is 4.72 Å². The molecule has 0 aliphatic rings. The maximum absolute atomic E-state index is 13.0. The van der Waals surface area contributed by atoms with Crippen LogP contribution >= 0.6 is 23.4 Å². The maximum Gasteiger partial charge on any atom is 0.435 e. The number of nitrogens with zero attached hydrogens (tertiary/aromatic N) is 2. The quantitative estimate of drug-likeness (QED) is 0.304. The normalized spacial score (nSPS) is 12.1. The van der Waals surface area contributed by atoms with Crippen LogP contribution in [0.1, 0.15) is 26.5 Å². The van der Waals surface area contributed by atoms with Crippen molar-refractivity contribution < 1.29 is 22.4 Å². The number of hydrogen-bond donors (Lipinski definition) is 1. The molecule has 8 nitrogen and oxygen atoms in total. The van der Waals surface area contributed by atoms with Gasteiger partial charge in [0.15, 0.2) is 0 Å². The highest BCUT2D eigenvalue weighted by atomic mass is 35.5. The lowest BCUT2D eigenvalue weighted by Crippen LogP contribution is -2.27. The highest BCUT2D eigenvalue weighted by molar-refractivity contribution is 7.98. The van der Waals surface area contributed by atoms with Gasteiger partial charge in [0.05, 0.1) is 11.4 Å². The summed E-state index contributed by atoms with van der Waals surface area (Å²) in [4.78, 5) is 12.8. The third kappa shape index (κ3) is 5.75. The van der Waals surface area contributed by atoms with Crippen LogP contribution in [0.4, 0.5) is 10.5 Å². The van der Waals surface area contributed by atoms with Gasteiger partial charge in [-0.25, -0.2) is 4.79 Å². The summed E-state index contributed by atoms with van der Waals surface area (Å²) in [6.45, 7) is 5.33. The van der Waals surface area contributed by atoms with E-state index in [-0.39, 0.29) is 5.09 Å². The Kier molecular flexibility index (Phi) is 6.66. The van der Waals surface area contributed by atoms with Crippen molar-refractivity contribution in [2.75, 3.05) is 4.72 Å². The lowest BCUT2D eigenvalue weighted by Gasteiger charge is -2.18. The number of para-hydroxylation sites is 1. The van der Waals surface area contributed by atoms with Gasteiger partial charge in [-0.2, -0.15) is 18.2 Å². The number of benzene rings is 2. The van der Waals surface area contributed by atoms with E-state index in [9.17, 15) is 13.2 Å². The molecule has 4 rings (SSSR count). The van der Waals surface area contributed by atoms with Gasteiger partial charge in [0.1, 0.15) is 11.2 Å². The number of fused-ring (bicyclic) bond motifs is 1. The Morgan fingerprint density at radius 2 is 1.94 bits per heavy atom. The first-order chi connectivity index (χ1) is 16.0. The maximum atomic E-state index is 13.0. The Morgan fingerprint density at radius 3 is 2.68 bits per heavy atom. The molecule has 34 heavy (non-hydrogen) atoms. The molecule has 2 aromatic carbocycles. The molecule has 2 heterocycles. The van der Waals surface area contributed by atoms with E-state index in [4.69, 9.17) is 20.8 Å². The van der Waals surface area contributed by atoms with Crippen LogP contribution in [0.2, 0.25) is 5.02 Å². The monoisotopic (exact) mass is 519 g/mol. The molecule has 0 saturated heterocycles. The molecule has 2 aromatic heterocycles. The molecule has 178 valence electrons. The fourth-order valence-electron chi connectivity index (χ4n) is 2.99. The molecule has 0 atom stereocenters. The summed E-state index contributed by atoms with van der Waals surface area (Å²) in [5.74, 6) is 0.386. The number of anilines is 1. The van der Waals surface area contributed by atoms with Crippen molar-refractivity contribution in [2.45, 2.75) is 42.1 Å². The number of nitrogens with one attached hydrogen (secondary N) is 1. The summed E-state index contributed by atoms with van der Waals surface area (Å²) in [6.07, 6.45) is 0.950. The van der Waals surface area contributed by atoms with Crippen molar-refractivity contribution in [3.05, 3.63) is 71.5 Å². The van der Waals surface area contributed by atoms with Crippen LogP contribution in [0.25, 0.3) is 11.0 Å². The minimum atomic E-state index is -3.99. The first-order valence-corrected chi connectivity index (χ1v) is 13.1. The number of rotatable bonds is 6. The Balaban J connectivity index is 1.51. The van der Waals surface area contributed by atoms with Crippen LogP contribution in [0.5, 0.6) is 0 Å². The van der Waals surface area contributed by atoms with E-state index in [2.05, 4.69) is 9.82 Å². The Labute approximate surface area is 206 Å². The largest absolute Gasteiger partial charge is 0.443 e. The number of aromatic nitrogens is 2. The number of sulfonamides is 1. The lowest BCUT2D eigenvalue weighted by atomic mass is 10.2. The van der Waals surface area contributed by atoms with Crippen LogP contribution in [-0.4, -0.2) is 29.9 Å². The number of furan rings is 1. The zero-order valence-electron chi connectivity index (χ0n) is 18.6. The van der Waals surface area contributed by atoms with E-state index in [0.717, 1.165) is 4.68 Å². The minimum Gasteiger partial charge on any atom is -0.443 e. The van der Waals surface area contributed by atoms with Crippen molar-refractivity contribution in [3.63, 3.8) is 0 Å². The Bertz CT molecular complexity index is 1420. The third-order valence-corrected chi connectivity index (χ3v) is 7.02. The van der Waals surface area contributed by atoms with Crippen molar-refractivity contribution in [1.29, 1.82) is 0 Å². The fourth-order valence-corrected chi connectivity index (χ4v) is 5.16. The number of carbonyl (C=O) groups is 1. The average Bonchev–Trinajstić information content (AvgIpc) is 3.39. The second-order valence-corrected chi connectivity index (χ2v) is 11.4. The molecule has 0 aliphatic carbocycles. The summed E-state index contributed by atoms with van der Waals surface area (Å²) in [5.41, 5.74) is 0.776. The van der Waals surface area contributed by atoms with E-state index >= 15 is 0 Å². The minimum absolute atomic E-state index is 0.194. The number of carbonyl (C=O) groups excluding carboxylic acids is 1. The standard InChI is InChI=1S/C23H22ClN3O5S2/c1-23(2,3)32-22(28)27-11-10-17(25-27)14-33-20-9-8-16(24)13-18(20)26-34(29,30)21-12-15-6-4-5-7-19(15)31-21/h4-13,26H,14H2,1-3H3.